The van der Waals surface area contributed by atoms with Gasteiger partial charge in [-0.1, -0.05) is 0 Å². The predicted molar refractivity (Wildman–Crippen MR) is 148 cm³/mol. The Morgan fingerprint density at radius 1 is 1.00 bits per heavy atom. The molecule has 4 amide bonds. The molecule has 39 heavy (non-hydrogen) atoms. The number of hydrogen-bond donors (Lipinski definition) is 2. The molecular formula is C28H43FN6O4. The molecule has 3 rings (SSSR count). The molecule has 2 N–H and O–H groups in total. The first-order valence-corrected chi connectivity index (χ1v) is 14.0. The van der Waals surface area contributed by atoms with Gasteiger partial charge in [-0.25, -0.2) is 4.39 Å². The number of nitrogens with zero attached hydrogens (tertiary/aromatic N) is 4. The second-order valence-electron chi connectivity index (χ2n) is 10.6. The topological polar surface area (TPSA) is 105 Å². The number of rotatable bonds is 13. The second kappa shape index (κ2) is 15.5. The Morgan fingerprint density at radius 2 is 1.72 bits per heavy atom. The first kappa shape index (κ1) is 30.5. The maximum atomic E-state index is 14.6. The molecule has 0 aromatic heterocycles. The van der Waals surface area contributed by atoms with E-state index in [2.05, 4.69) is 20.4 Å². The van der Waals surface area contributed by atoms with Crippen molar-refractivity contribution in [3.63, 3.8) is 0 Å². The van der Waals surface area contributed by atoms with Gasteiger partial charge in [-0.05, 0) is 57.9 Å². The van der Waals surface area contributed by atoms with E-state index in [1.165, 1.54) is 18.6 Å². The van der Waals surface area contributed by atoms with Crippen LogP contribution in [0.1, 0.15) is 55.8 Å². The van der Waals surface area contributed by atoms with Crippen molar-refractivity contribution in [3.8, 4) is 0 Å². The molecule has 0 spiro atoms. The zero-order valence-corrected chi connectivity index (χ0v) is 23.3. The summed E-state index contributed by atoms with van der Waals surface area (Å²) >= 11 is 0. The molecule has 2 fully saturated rings. The Hall–Kier alpha value is -3.05. The van der Waals surface area contributed by atoms with Gasteiger partial charge in [0.05, 0.1) is 5.56 Å². The van der Waals surface area contributed by atoms with Crippen LogP contribution in [-0.2, 0) is 14.4 Å². The van der Waals surface area contributed by atoms with Crippen LogP contribution in [0, 0.1) is 5.82 Å². The van der Waals surface area contributed by atoms with Gasteiger partial charge in [0.2, 0.25) is 18.2 Å². The highest BCUT2D eigenvalue weighted by Gasteiger charge is 2.25. The summed E-state index contributed by atoms with van der Waals surface area (Å²) in [5, 5.41) is 5.30. The molecule has 216 valence electrons. The van der Waals surface area contributed by atoms with E-state index in [0.29, 0.717) is 51.1 Å². The number of hydrogen-bond acceptors (Lipinski definition) is 7. The van der Waals surface area contributed by atoms with E-state index < -0.39 is 5.82 Å². The minimum atomic E-state index is -0.563. The number of carbonyl (C=O) groups is 4. The number of carbonyl (C=O) groups excluding carboxylic acids is 4. The molecule has 0 bridgehead atoms. The fourth-order valence-electron chi connectivity index (χ4n) is 4.98. The lowest BCUT2D eigenvalue weighted by Crippen LogP contribution is -2.50. The summed E-state index contributed by atoms with van der Waals surface area (Å²) < 4.78 is 14.6. The van der Waals surface area contributed by atoms with Gasteiger partial charge in [-0.3, -0.25) is 29.4 Å². The number of imide groups is 1. The van der Waals surface area contributed by atoms with Crippen molar-refractivity contribution >= 4 is 29.8 Å². The molecule has 1 unspecified atom stereocenters. The molecule has 0 radical (unpaired) electrons. The van der Waals surface area contributed by atoms with Crippen molar-refractivity contribution in [2.45, 2.75) is 51.5 Å². The highest BCUT2D eigenvalue weighted by molar-refractivity contribution is 5.95. The van der Waals surface area contributed by atoms with Crippen molar-refractivity contribution in [2.24, 2.45) is 0 Å². The maximum absolute atomic E-state index is 14.6. The van der Waals surface area contributed by atoms with E-state index in [9.17, 15) is 23.6 Å². The van der Waals surface area contributed by atoms with Gasteiger partial charge in [0.25, 0.3) is 5.91 Å². The fourth-order valence-corrected chi connectivity index (χ4v) is 4.98. The molecule has 0 aliphatic carbocycles. The van der Waals surface area contributed by atoms with Gasteiger partial charge in [-0.15, -0.1) is 0 Å². The predicted octanol–water partition coefficient (Wildman–Crippen LogP) is 1.77. The van der Waals surface area contributed by atoms with Crippen molar-refractivity contribution in [3.05, 3.63) is 29.6 Å². The van der Waals surface area contributed by atoms with E-state index in [1.54, 1.807) is 11.0 Å². The van der Waals surface area contributed by atoms with E-state index in [-0.39, 0.29) is 35.7 Å². The molecule has 1 aromatic rings. The van der Waals surface area contributed by atoms with Crippen molar-refractivity contribution in [1.29, 1.82) is 0 Å². The molecule has 1 aromatic carbocycles. The van der Waals surface area contributed by atoms with Crippen LogP contribution in [0.25, 0.3) is 0 Å². The minimum Gasteiger partial charge on any atom is -0.383 e. The summed E-state index contributed by atoms with van der Waals surface area (Å²) in [6.07, 6.45) is 4.99. The lowest BCUT2D eigenvalue weighted by Gasteiger charge is -2.35. The van der Waals surface area contributed by atoms with Crippen molar-refractivity contribution in [1.82, 2.24) is 24.9 Å². The van der Waals surface area contributed by atoms with Gasteiger partial charge in [0.15, 0.2) is 0 Å². The van der Waals surface area contributed by atoms with Crippen LogP contribution in [0.15, 0.2) is 18.2 Å². The summed E-state index contributed by atoms with van der Waals surface area (Å²) in [6, 6.07) is 4.26. The van der Waals surface area contributed by atoms with E-state index in [4.69, 9.17) is 0 Å². The Morgan fingerprint density at radius 3 is 2.41 bits per heavy atom. The van der Waals surface area contributed by atoms with Crippen LogP contribution in [0.4, 0.5) is 10.1 Å². The Bertz CT molecular complexity index is 979. The van der Waals surface area contributed by atoms with Gasteiger partial charge in [0.1, 0.15) is 5.82 Å². The lowest BCUT2D eigenvalue weighted by molar-refractivity contribution is -0.132. The van der Waals surface area contributed by atoms with Crippen molar-refractivity contribution < 1.29 is 23.6 Å². The number of anilines is 1. The summed E-state index contributed by atoms with van der Waals surface area (Å²) in [7, 11) is 2.04. The molecule has 11 heteroatoms. The second-order valence-corrected chi connectivity index (χ2v) is 10.6. The summed E-state index contributed by atoms with van der Waals surface area (Å²) in [5.41, 5.74) is 0.626. The number of piperazine rings is 1. The first-order chi connectivity index (χ1) is 18.8. The molecule has 2 aliphatic rings. The Kier molecular flexibility index (Phi) is 12.1. The van der Waals surface area contributed by atoms with E-state index >= 15 is 0 Å². The van der Waals surface area contributed by atoms with Gasteiger partial charge < -0.3 is 20.0 Å². The average molecular weight is 547 g/mol. The van der Waals surface area contributed by atoms with Crippen molar-refractivity contribution in [2.75, 3.05) is 71.3 Å². The molecular weight excluding hydrogens is 503 g/mol. The largest absolute Gasteiger partial charge is 0.383 e. The van der Waals surface area contributed by atoms with Crippen LogP contribution in [0.5, 0.6) is 0 Å². The number of likely N-dealkylation sites (tertiary alicyclic amines) is 1. The SMILES string of the molecule is CC(CCC(=O)NC=O)Nc1ccc(F)c(C(=O)N2CCN(CCN(C)CCC(=O)N3CCCCC3)CC2)c1. The smallest absolute Gasteiger partial charge is 0.256 e. The summed E-state index contributed by atoms with van der Waals surface area (Å²) in [6.45, 7) is 8.57. The average Bonchev–Trinajstić information content (AvgIpc) is 2.95. The highest BCUT2D eigenvalue weighted by Crippen LogP contribution is 2.19. The number of halogens is 1. The number of benzene rings is 1. The zero-order valence-electron chi connectivity index (χ0n) is 23.3. The molecule has 10 nitrogen and oxygen atoms in total. The number of likely N-dealkylation sites (N-methyl/N-ethyl adjacent to an activating group) is 1. The summed E-state index contributed by atoms with van der Waals surface area (Å²) in [4.78, 5) is 55.5. The minimum absolute atomic E-state index is 0.0254. The Labute approximate surface area is 230 Å². The third kappa shape index (κ3) is 9.89. The van der Waals surface area contributed by atoms with E-state index in [0.717, 1.165) is 45.6 Å². The number of piperidine rings is 1. The molecule has 1 atom stereocenters. The zero-order chi connectivity index (χ0) is 28.2. The number of nitrogens with one attached hydrogen (secondary N) is 2. The Balaban J connectivity index is 1.40. The first-order valence-electron chi connectivity index (χ1n) is 14.0. The molecule has 2 heterocycles. The number of amides is 4. The van der Waals surface area contributed by atoms with Crippen LogP contribution >= 0.6 is 0 Å². The monoisotopic (exact) mass is 546 g/mol. The third-order valence-corrected chi connectivity index (χ3v) is 7.51. The van der Waals surface area contributed by atoms with Gasteiger partial charge >= 0.3 is 0 Å². The molecule has 2 saturated heterocycles. The van der Waals surface area contributed by atoms with Crippen LogP contribution < -0.4 is 10.6 Å². The van der Waals surface area contributed by atoms with Crippen LogP contribution in [0.3, 0.4) is 0 Å². The third-order valence-electron chi connectivity index (χ3n) is 7.51. The summed E-state index contributed by atoms with van der Waals surface area (Å²) in [5.74, 6) is -1.01. The molecule has 2 aliphatic heterocycles. The quantitative estimate of drug-likeness (QED) is 0.364. The van der Waals surface area contributed by atoms with Crippen LogP contribution in [-0.4, -0.2) is 116 Å². The van der Waals surface area contributed by atoms with E-state index in [1.807, 2.05) is 18.9 Å². The fraction of sp³-hybridized carbons (Fsp3) is 0.643. The maximum Gasteiger partial charge on any atom is 0.256 e. The van der Waals surface area contributed by atoms with Crippen LogP contribution in [0.2, 0.25) is 0 Å². The standard InChI is InChI=1S/C28H43FN6O4/c1-22(6-9-26(37)30-21-36)31-23-7-8-25(29)24(20-23)28(39)35-18-16-33(17-19-35)15-14-32(2)13-10-27(38)34-11-4-3-5-12-34/h7-8,20-22,31H,3-6,9-19H2,1-2H3,(H,30,36,37). The van der Waals surface area contributed by atoms with Gasteiger partial charge in [0, 0.05) is 83.5 Å². The highest BCUT2D eigenvalue weighted by atomic mass is 19.1. The normalized spacial score (nSPS) is 17.1. The molecule has 0 saturated carbocycles. The van der Waals surface area contributed by atoms with Gasteiger partial charge in [-0.2, -0.15) is 0 Å². The lowest BCUT2D eigenvalue weighted by atomic mass is 10.1.